The summed E-state index contributed by atoms with van der Waals surface area (Å²) in [5, 5.41) is 39.6. The van der Waals surface area contributed by atoms with Gasteiger partial charge in [-0.3, -0.25) is 76.8 Å². The van der Waals surface area contributed by atoms with Crippen LogP contribution in [0.3, 0.4) is 0 Å². The van der Waals surface area contributed by atoms with E-state index in [0.717, 1.165) is 22.0 Å². The van der Waals surface area contributed by atoms with Crippen LogP contribution in [0.15, 0.2) is 35.4 Å². The number of aromatic amines is 1. The highest BCUT2D eigenvalue weighted by Gasteiger charge is 2.45. The molecule has 0 aliphatic carbocycles. The van der Waals surface area contributed by atoms with Crippen molar-refractivity contribution in [2.45, 2.75) is 203 Å². The third-order valence-corrected chi connectivity index (χ3v) is 19.0. The van der Waals surface area contributed by atoms with Crippen LogP contribution < -0.4 is 64.2 Å². The summed E-state index contributed by atoms with van der Waals surface area (Å²) >= 11 is -2.46. The first kappa shape index (κ1) is 80.9. The zero-order valence-corrected chi connectivity index (χ0v) is 59.1. The fourth-order valence-electron chi connectivity index (χ4n) is 11.6. The molecule has 1 unspecified atom stereocenters. The summed E-state index contributed by atoms with van der Waals surface area (Å²) in [5.41, 5.74) is 4.66. The number of unbranched alkanes of at least 4 members (excludes halogenated alkanes) is 1. The lowest BCUT2D eigenvalue weighted by Crippen LogP contribution is -2.61. The van der Waals surface area contributed by atoms with E-state index in [1.165, 1.54) is 18.2 Å². The number of hydrogen-bond donors (Lipinski definition) is 14. The summed E-state index contributed by atoms with van der Waals surface area (Å²) in [5.74, 6) is -13.1. The molecule has 101 heavy (non-hydrogen) atoms. The van der Waals surface area contributed by atoms with E-state index in [1.54, 1.807) is 41.7 Å². The van der Waals surface area contributed by atoms with Gasteiger partial charge in [0.25, 0.3) is 11.8 Å². The molecule has 6 rings (SSSR count). The second-order valence-electron chi connectivity index (χ2n) is 26.8. The van der Waals surface area contributed by atoms with Gasteiger partial charge < -0.3 is 93.2 Å². The maximum absolute atomic E-state index is 15.2. The number of fused-ring (bicyclic) bond motifs is 5. The van der Waals surface area contributed by atoms with Gasteiger partial charge in [-0.15, -0.1) is 0 Å². The van der Waals surface area contributed by atoms with Gasteiger partial charge in [0.15, 0.2) is 6.04 Å². The molecule has 35 heteroatoms. The normalized spacial score (nSPS) is 22.9. The van der Waals surface area contributed by atoms with Crippen molar-refractivity contribution in [2.75, 3.05) is 64.1 Å². The van der Waals surface area contributed by atoms with Gasteiger partial charge in [0, 0.05) is 98.9 Å². The Labute approximate surface area is 587 Å². The summed E-state index contributed by atoms with van der Waals surface area (Å²) < 4.78 is 26.5. The van der Waals surface area contributed by atoms with Gasteiger partial charge in [0.05, 0.1) is 55.4 Å². The lowest BCUT2D eigenvalue weighted by molar-refractivity contribution is -0.143. The van der Waals surface area contributed by atoms with Crippen LogP contribution in [0, 0.1) is 5.92 Å². The zero-order valence-electron chi connectivity index (χ0n) is 58.3. The minimum absolute atomic E-state index is 0.0191. The van der Waals surface area contributed by atoms with Crippen LogP contribution in [0.4, 0.5) is 5.69 Å². The standard InChI is InChI=1S/C66H97N15O19S/c1-9-15-41-59(93)76-44-28-40-39-20-19-37(72-49(84)17-13-24-69-57(91)42(73-50(85)18-14-25-80-54(89)21-22-55(80)90)16-11-12-23-68-51(86)30-65(4,5)100-35-66(6,7)99-8)26-43(39)78-63(40)101(98)34-46(74-52(87)31-71-62(96)56(36(3)10-2)79-53(88)32-70-58(44)92)60(94)77-45(29-48(67)83)64(97)81-33-38(82)27-47(81)61(95)75-41/h19-22,26,36,38,41-42,44-47,56,78,82H,9-18,23-25,27-35H2,1-8H3,(H2,67,83)(H,68,86)(H,69,91)(H,70,92)(H,71,96)(H,72,84)(H,73,85)(H,74,87)(H,75,95)(H,76,93)(H,77,94)(H,79,88)/t36-,38+,41-,42-,44-,45-,46-,47-,56-,101?/m0/s1. The van der Waals surface area contributed by atoms with Crippen LogP contribution in [-0.4, -0.2) is 231 Å². The number of amides is 15. The number of aliphatic hydroxyl groups excluding tert-OH is 1. The molecule has 0 radical (unpaired) electrons. The number of methoxy groups -OCH3 is 1. The summed E-state index contributed by atoms with van der Waals surface area (Å²) in [6.45, 7) is 10.8. The molecule has 15 amide bonds. The van der Waals surface area contributed by atoms with Gasteiger partial charge in [-0.25, -0.2) is 0 Å². The second kappa shape index (κ2) is 37.6. The first-order valence-electron chi connectivity index (χ1n) is 33.9. The number of nitrogens with two attached hydrogens (primary N) is 1. The number of primary amides is 1. The van der Waals surface area contributed by atoms with Gasteiger partial charge >= 0.3 is 0 Å². The van der Waals surface area contributed by atoms with E-state index in [0.29, 0.717) is 19.3 Å². The van der Waals surface area contributed by atoms with Crippen LogP contribution >= 0.6 is 0 Å². The number of ether oxygens (including phenoxy) is 2. The number of imide groups is 1. The van der Waals surface area contributed by atoms with Crippen LogP contribution in [0.1, 0.15) is 138 Å². The predicted octanol–water partition coefficient (Wildman–Crippen LogP) is -2.89. The fourth-order valence-corrected chi connectivity index (χ4v) is 13.0. The van der Waals surface area contributed by atoms with Crippen molar-refractivity contribution in [3.05, 3.63) is 35.9 Å². The molecule has 4 aliphatic rings. The molecule has 5 heterocycles. The largest absolute Gasteiger partial charge is 0.610 e. The van der Waals surface area contributed by atoms with E-state index in [-0.39, 0.29) is 117 Å². The van der Waals surface area contributed by atoms with Crippen molar-refractivity contribution in [3.63, 3.8) is 0 Å². The molecule has 10 atom stereocenters. The van der Waals surface area contributed by atoms with Crippen molar-refractivity contribution in [1.29, 1.82) is 0 Å². The molecule has 1 saturated heterocycles. The van der Waals surface area contributed by atoms with Crippen LogP contribution in [0.5, 0.6) is 0 Å². The Morgan fingerprint density at radius 3 is 2.10 bits per heavy atom. The maximum atomic E-state index is 15.2. The number of carbonyl (C=O) groups is 15. The minimum atomic E-state index is -2.46. The van der Waals surface area contributed by atoms with Crippen LogP contribution in [0.25, 0.3) is 10.9 Å². The first-order chi connectivity index (χ1) is 47.7. The Morgan fingerprint density at radius 1 is 0.762 bits per heavy atom. The average molecular weight is 1440 g/mol. The highest BCUT2D eigenvalue weighted by Crippen LogP contribution is 2.31. The zero-order chi connectivity index (χ0) is 74.5. The smallest absolute Gasteiger partial charge is 0.253 e. The van der Waals surface area contributed by atoms with E-state index < -0.39 is 198 Å². The molecule has 556 valence electrons. The maximum Gasteiger partial charge on any atom is 0.253 e. The van der Waals surface area contributed by atoms with Gasteiger partial charge in [-0.05, 0) is 84.3 Å². The van der Waals surface area contributed by atoms with Gasteiger partial charge in [0.2, 0.25) is 81.8 Å². The SMILES string of the molecule is CCC[C@@H]1NC(=O)[C@@H]2C[C@@H](O)CN2C(=O)[C@H](CC(N)=O)NC(=O)[C@@H]2C[S+]([O-])c3[nH]c4cc(NC(=O)CCCNC(=O)[C@H](CCCCNC(=O)CC(C)(C)OCC(C)(C)OC)NC(=O)CCCN5C(=O)C=CC5=O)ccc4c3C[C@H](NC1=O)C(=O)NCC(=O)N[C@@H]([C@@H](C)CC)C(=O)NCC(=O)N2. The van der Waals surface area contributed by atoms with Gasteiger partial charge in [-0.2, -0.15) is 0 Å². The Morgan fingerprint density at radius 2 is 1.43 bits per heavy atom. The number of benzene rings is 1. The molecule has 1 aromatic heterocycles. The number of nitrogens with zero attached hydrogens (tertiary/aromatic N) is 2. The molecule has 1 aromatic carbocycles. The molecule has 4 aliphatic heterocycles. The number of aromatic nitrogens is 1. The van der Waals surface area contributed by atoms with E-state index in [1.807, 2.05) is 13.8 Å². The van der Waals surface area contributed by atoms with Gasteiger partial charge in [0.1, 0.15) is 42.0 Å². The number of carbonyl (C=O) groups excluding carboxylic acids is 15. The molecular formula is C66H97N15O19S. The summed E-state index contributed by atoms with van der Waals surface area (Å²) in [6.07, 6.45) is 0.791. The third-order valence-electron chi connectivity index (χ3n) is 17.6. The van der Waals surface area contributed by atoms with Crippen LogP contribution in [0.2, 0.25) is 0 Å². The van der Waals surface area contributed by atoms with Crippen molar-refractivity contribution >= 4 is 116 Å². The number of H-pyrrole nitrogens is 1. The summed E-state index contributed by atoms with van der Waals surface area (Å²) in [6, 6.07) is -6.16. The second-order valence-corrected chi connectivity index (χ2v) is 28.2. The lowest BCUT2D eigenvalue weighted by atomic mass is 9.98. The third kappa shape index (κ3) is 24.3. The molecule has 2 bridgehead atoms. The van der Waals surface area contributed by atoms with E-state index >= 15 is 4.55 Å². The number of hydrogen-bond acceptors (Lipinski definition) is 19. The van der Waals surface area contributed by atoms with Gasteiger partial charge in [-0.1, -0.05) is 39.7 Å². The minimum Gasteiger partial charge on any atom is -0.610 e. The average Bonchev–Trinajstić information content (AvgIpc) is 1.65. The monoisotopic (exact) mass is 1440 g/mol. The van der Waals surface area contributed by atoms with Crippen molar-refractivity contribution in [3.8, 4) is 0 Å². The predicted molar refractivity (Wildman–Crippen MR) is 364 cm³/mol. The molecule has 0 spiro atoms. The van der Waals surface area contributed by atoms with Crippen molar-refractivity contribution in [2.24, 2.45) is 11.7 Å². The first-order valence-corrected chi connectivity index (χ1v) is 35.3. The highest BCUT2D eigenvalue weighted by atomic mass is 32.2. The molecule has 0 saturated carbocycles. The lowest BCUT2D eigenvalue weighted by Gasteiger charge is -2.30. The molecular weight excluding hydrogens is 1340 g/mol. The Bertz CT molecular complexity index is 3430. The molecule has 34 nitrogen and oxygen atoms in total. The number of aliphatic hydroxyl groups is 1. The molecule has 15 N–H and O–H groups in total. The molecule has 2 aromatic rings. The topological polar surface area (TPSA) is 498 Å². The van der Waals surface area contributed by atoms with Crippen molar-refractivity contribution in [1.82, 2.24) is 68.0 Å². The van der Waals surface area contributed by atoms with E-state index in [9.17, 15) is 77.0 Å². The van der Waals surface area contributed by atoms with E-state index in [2.05, 4.69) is 63.5 Å². The molecule has 1 fully saturated rings. The highest BCUT2D eigenvalue weighted by molar-refractivity contribution is 7.91. The Kier molecular flexibility index (Phi) is 30.1. The summed E-state index contributed by atoms with van der Waals surface area (Å²) in [4.78, 5) is 209. The number of rotatable bonds is 28. The summed E-state index contributed by atoms with van der Waals surface area (Å²) in [7, 11) is 1.57. The Balaban J connectivity index is 1.25. The van der Waals surface area contributed by atoms with Crippen LogP contribution in [-0.2, 0) is 99.0 Å². The number of anilines is 1. The number of nitrogens with one attached hydrogen (secondary N) is 12. The quantitative estimate of drug-likeness (QED) is 0.0231. The Hall–Kier alpha value is -9.06. The van der Waals surface area contributed by atoms with Crippen molar-refractivity contribution < 1.29 is 91.1 Å². The van der Waals surface area contributed by atoms with E-state index in [4.69, 9.17) is 15.2 Å². The fraction of sp³-hybridized carbons (Fsp3) is 0.621.